The Hall–Kier alpha value is -5.32. The molecule has 7 aromatic carbocycles. The quantitative estimate of drug-likeness (QED) is 0.162. The first-order valence-electron chi connectivity index (χ1n) is 20.9. The average molecular weight is 741 g/mol. The van der Waals surface area contributed by atoms with E-state index >= 15 is 0 Å². The fraction of sp³-hybridized carbons (Fsp3) is 0.231. The summed E-state index contributed by atoms with van der Waals surface area (Å²) >= 11 is 1.93. The maximum atomic E-state index is 2.89. The van der Waals surface area contributed by atoms with E-state index in [1.165, 1.54) is 131 Å². The lowest BCUT2D eigenvalue weighted by molar-refractivity contribution is 0.195. The van der Waals surface area contributed by atoms with Crippen molar-refractivity contribution in [1.82, 2.24) is 0 Å². The smallest absolute Gasteiger partial charge is 0.333 e. The van der Waals surface area contributed by atoms with Crippen LogP contribution in [0.5, 0.6) is 0 Å². The molecule has 56 heavy (non-hydrogen) atoms. The Bertz CT molecular complexity index is 2930. The number of para-hydroxylation sites is 1. The third-order valence-electron chi connectivity index (χ3n) is 14.5. The van der Waals surface area contributed by atoms with Gasteiger partial charge in [0.05, 0.1) is 5.54 Å². The Kier molecular flexibility index (Phi) is 6.96. The summed E-state index contributed by atoms with van der Waals surface area (Å²) in [6, 6.07) is 51.8. The fourth-order valence-corrected chi connectivity index (χ4v) is 12.8. The molecule has 1 fully saturated rings. The number of hydrogen-bond donors (Lipinski definition) is 0. The van der Waals surface area contributed by atoms with Crippen LogP contribution in [0.25, 0.3) is 53.2 Å². The SMILES string of the molecule is CCCCc1ccc(N2B3c4cccc5c4N(c4c3c(cc3ccccc43)-c3cc4sc6ccccc6c4cc32)C2(C)CCCCC52C)c(-c2ccccc2)c1. The molecule has 8 aromatic rings. The first kappa shape index (κ1) is 32.9. The van der Waals surface area contributed by atoms with Crippen molar-refractivity contribution in [3.05, 3.63) is 145 Å². The second-order valence-electron chi connectivity index (χ2n) is 17.4. The Labute approximate surface area is 334 Å². The van der Waals surface area contributed by atoms with Crippen molar-refractivity contribution in [1.29, 1.82) is 0 Å². The first-order valence-corrected chi connectivity index (χ1v) is 21.7. The number of rotatable bonds is 5. The van der Waals surface area contributed by atoms with E-state index in [2.05, 4.69) is 164 Å². The summed E-state index contributed by atoms with van der Waals surface area (Å²) in [7, 11) is 0. The lowest BCUT2D eigenvalue weighted by Gasteiger charge is -2.53. The van der Waals surface area contributed by atoms with Gasteiger partial charge in [0.2, 0.25) is 0 Å². The van der Waals surface area contributed by atoms with Gasteiger partial charge in [0, 0.05) is 64.8 Å². The minimum Gasteiger partial charge on any atom is -0.376 e. The third kappa shape index (κ3) is 4.23. The highest BCUT2D eigenvalue weighted by Gasteiger charge is 2.62. The molecule has 12 rings (SSSR count). The minimum absolute atomic E-state index is 0.00182. The Balaban J connectivity index is 1.25. The van der Waals surface area contributed by atoms with Crippen LogP contribution in [0.3, 0.4) is 0 Å². The van der Waals surface area contributed by atoms with Crippen molar-refractivity contribution in [3.63, 3.8) is 0 Å². The van der Waals surface area contributed by atoms with E-state index in [0.29, 0.717) is 0 Å². The maximum Gasteiger partial charge on any atom is 0.333 e. The topological polar surface area (TPSA) is 6.48 Å². The van der Waals surface area contributed by atoms with E-state index in [9.17, 15) is 0 Å². The molecule has 0 amide bonds. The minimum atomic E-state index is -0.0246. The summed E-state index contributed by atoms with van der Waals surface area (Å²) in [6.07, 6.45) is 8.45. The van der Waals surface area contributed by atoms with Crippen LogP contribution in [0.4, 0.5) is 22.7 Å². The van der Waals surface area contributed by atoms with E-state index in [-0.39, 0.29) is 17.8 Å². The van der Waals surface area contributed by atoms with Gasteiger partial charge < -0.3 is 9.71 Å². The number of hydrogen-bond acceptors (Lipinski definition) is 3. The van der Waals surface area contributed by atoms with Crippen molar-refractivity contribution in [2.24, 2.45) is 0 Å². The third-order valence-corrected chi connectivity index (χ3v) is 15.7. The van der Waals surface area contributed by atoms with Gasteiger partial charge in [0.25, 0.3) is 0 Å². The van der Waals surface area contributed by atoms with Crippen molar-refractivity contribution >= 4 is 82.8 Å². The Morgan fingerprint density at radius 2 is 1.45 bits per heavy atom. The van der Waals surface area contributed by atoms with Crippen molar-refractivity contribution in [2.45, 2.75) is 76.7 Å². The zero-order valence-corrected chi connectivity index (χ0v) is 33.3. The van der Waals surface area contributed by atoms with Crippen LogP contribution in [0, 0.1) is 0 Å². The number of thiophene rings is 1. The monoisotopic (exact) mass is 740 g/mol. The predicted octanol–water partition coefficient (Wildman–Crippen LogP) is 13.2. The number of fused-ring (bicyclic) bond motifs is 12. The summed E-state index contributed by atoms with van der Waals surface area (Å²) in [5.41, 5.74) is 16.7. The lowest BCUT2D eigenvalue weighted by atomic mass is 9.43. The molecule has 4 heteroatoms. The van der Waals surface area contributed by atoms with E-state index in [4.69, 9.17) is 0 Å². The van der Waals surface area contributed by atoms with Crippen LogP contribution < -0.4 is 20.6 Å². The van der Waals surface area contributed by atoms with E-state index < -0.39 is 0 Å². The normalized spacial score (nSPS) is 20.4. The van der Waals surface area contributed by atoms with Gasteiger partial charge in [0.15, 0.2) is 0 Å². The molecule has 4 heterocycles. The molecule has 0 N–H and O–H groups in total. The second-order valence-corrected chi connectivity index (χ2v) is 18.4. The van der Waals surface area contributed by atoms with Gasteiger partial charge in [-0.1, -0.05) is 130 Å². The lowest BCUT2D eigenvalue weighted by Crippen LogP contribution is -2.64. The van der Waals surface area contributed by atoms with Gasteiger partial charge in [0.1, 0.15) is 0 Å². The summed E-state index contributed by atoms with van der Waals surface area (Å²) in [6.45, 7) is 7.49. The number of unbranched alkanes of at least 4 members (excludes halogenated alkanes) is 1. The summed E-state index contributed by atoms with van der Waals surface area (Å²) in [5.74, 6) is 0. The Morgan fingerprint density at radius 3 is 2.32 bits per heavy atom. The Morgan fingerprint density at radius 1 is 0.643 bits per heavy atom. The predicted molar refractivity (Wildman–Crippen MR) is 243 cm³/mol. The average Bonchev–Trinajstić information content (AvgIpc) is 3.70. The number of aryl methyl sites for hydroxylation is 1. The standard InChI is InChI=1S/C52H45BN2S/c1-4-5-16-33-25-26-44(38(29-33)34-17-7-6-8-18-34)55-45-31-40-37-21-11-12-24-46(37)56-47(40)32-39(45)41-30-35-19-9-10-20-36(35)49-48(41)53(55)43-23-15-22-42-50(43)54(49)52(3)28-14-13-27-51(42,52)2/h6-12,15,17-26,29-32H,4-5,13-14,16,27-28H2,1-3H3. The number of anilines is 4. The number of nitrogens with zero attached hydrogens (tertiary/aromatic N) is 2. The van der Waals surface area contributed by atoms with Crippen molar-refractivity contribution < 1.29 is 0 Å². The van der Waals surface area contributed by atoms with Crippen LogP contribution in [0.15, 0.2) is 133 Å². The van der Waals surface area contributed by atoms with Crippen molar-refractivity contribution in [2.75, 3.05) is 9.71 Å². The molecule has 0 bridgehead atoms. The van der Waals surface area contributed by atoms with Gasteiger partial charge >= 0.3 is 6.85 Å². The molecule has 0 saturated heterocycles. The van der Waals surface area contributed by atoms with Gasteiger partial charge in [-0.15, -0.1) is 11.3 Å². The zero-order valence-electron chi connectivity index (χ0n) is 32.5. The number of benzene rings is 7. The van der Waals surface area contributed by atoms with Crippen LogP contribution in [0.1, 0.15) is 70.4 Å². The highest BCUT2D eigenvalue weighted by molar-refractivity contribution is 7.25. The molecule has 0 radical (unpaired) electrons. The highest BCUT2D eigenvalue weighted by atomic mass is 32.1. The van der Waals surface area contributed by atoms with Crippen LogP contribution >= 0.6 is 11.3 Å². The molecule has 1 aromatic heterocycles. The maximum absolute atomic E-state index is 2.89. The molecular weight excluding hydrogens is 695 g/mol. The molecule has 2 atom stereocenters. The summed E-state index contributed by atoms with van der Waals surface area (Å²) < 4.78 is 2.71. The molecule has 1 aliphatic carbocycles. The molecular formula is C52H45BN2S. The second kappa shape index (κ2) is 11.9. The van der Waals surface area contributed by atoms with Crippen molar-refractivity contribution in [3.8, 4) is 22.3 Å². The first-order chi connectivity index (χ1) is 27.5. The summed E-state index contributed by atoms with van der Waals surface area (Å²) in [4.78, 5) is 5.68. The largest absolute Gasteiger partial charge is 0.376 e. The highest BCUT2D eigenvalue weighted by Crippen LogP contribution is 2.63. The zero-order chi connectivity index (χ0) is 37.3. The van der Waals surface area contributed by atoms with Gasteiger partial charge in [-0.2, -0.15) is 0 Å². The molecule has 272 valence electrons. The molecule has 0 spiro atoms. The van der Waals surface area contributed by atoms with Crippen LogP contribution in [-0.2, 0) is 11.8 Å². The van der Waals surface area contributed by atoms with E-state index in [1.54, 1.807) is 5.56 Å². The van der Waals surface area contributed by atoms with E-state index in [1.807, 2.05) is 11.3 Å². The molecule has 4 aliphatic rings. The van der Waals surface area contributed by atoms with Gasteiger partial charge in [-0.05, 0) is 108 Å². The van der Waals surface area contributed by atoms with E-state index in [0.717, 1.165) is 6.42 Å². The molecule has 2 unspecified atom stereocenters. The van der Waals surface area contributed by atoms with Crippen LogP contribution in [0.2, 0.25) is 0 Å². The fourth-order valence-electron chi connectivity index (χ4n) is 11.6. The van der Waals surface area contributed by atoms with Gasteiger partial charge in [-0.25, -0.2) is 0 Å². The van der Waals surface area contributed by atoms with Gasteiger partial charge in [-0.3, -0.25) is 0 Å². The van der Waals surface area contributed by atoms with Crippen LogP contribution in [-0.4, -0.2) is 12.4 Å². The molecule has 3 aliphatic heterocycles. The summed E-state index contributed by atoms with van der Waals surface area (Å²) in [5, 5.41) is 5.40. The molecule has 1 saturated carbocycles. The molecule has 2 nitrogen and oxygen atoms in total.